The second-order valence-corrected chi connectivity index (χ2v) is 13.3. The van der Waals surface area contributed by atoms with E-state index in [1.807, 2.05) is 0 Å². The lowest BCUT2D eigenvalue weighted by atomic mass is 9.96. The van der Waals surface area contributed by atoms with Gasteiger partial charge in [-0.25, -0.2) is 4.79 Å². The summed E-state index contributed by atoms with van der Waals surface area (Å²) in [5.74, 6) is -0.847. The predicted octanol–water partition coefficient (Wildman–Crippen LogP) is -1.94. The second kappa shape index (κ2) is 18.5. The van der Waals surface area contributed by atoms with E-state index in [1.54, 1.807) is 12.1 Å². The van der Waals surface area contributed by atoms with E-state index in [0.29, 0.717) is 11.1 Å². The normalized spacial score (nSPS) is 35.2. The molecular formula is C36H48O19. The first-order valence-electron chi connectivity index (χ1n) is 17.4. The quantitative estimate of drug-likeness (QED) is 0.0701. The SMILES string of the molecule is COc1cc(/C=C/C(=O)O[C@H]2[C@H](O[C@H]3O[C@H](C)[C@@H](O)[C@H](O)[C@@H]3O)[C@@H](O)[C@H](OCCc3ccc(O)c(OC)c3)O[C@@H]2CO[C@H]2OCC(O)(CO)[C@@H]2O)ccc1O. The first-order chi connectivity index (χ1) is 26.2. The van der Waals surface area contributed by atoms with Crippen molar-refractivity contribution in [3.63, 3.8) is 0 Å². The number of carbonyl (C=O) groups is 1. The molecule has 55 heavy (non-hydrogen) atoms. The molecule has 2 aromatic carbocycles. The summed E-state index contributed by atoms with van der Waals surface area (Å²) < 4.78 is 50.8. The van der Waals surface area contributed by atoms with Crippen molar-refractivity contribution in [1.82, 2.24) is 0 Å². The summed E-state index contributed by atoms with van der Waals surface area (Å²) in [6.45, 7) is -0.557. The van der Waals surface area contributed by atoms with Crippen molar-refractivity contribution in [2.75, 3.05) is 40.6 Å². The number of hydrogen-bond acceptors (Lipinski definition) is 19. The molecule has 0 spiro atoms. The maximum atomic E-state index is 13.4. The van der Waals surface area contributed by atoms with E-state index in [4.69, 9.17) is 42.6 Å². The number of carbonyl (C=O) groups excluding carboxylic acids is 1. The number of hydrogen-bond donors (Lipinski definition) is 9. The van der Waals surface area contributed by atoms with E-state index in [-0.39, 0.29) is 36.0 Å². The highest BCUT2D eigenvalue weighted by Gasteiger charge is 2.54. The number of phenolic OH excluding ortho intramolecular Hbond substituents is 2. The molecule has 0 saturated carbocycles. The number of aromatic hydroxyl groups is 2. The highest BCUT2D eigenvalue weighted by molar-refractivity contribution is 5.87. The fraction of sp³-hybridized carbons (Fsp3) is 0.583. The first kappa shape index (κ1) is 42.5. The van der Waals surface area contributed by atoms with Crippen molar-refractivity contribution in [3.05, 3.63) is 53.6 Å². The third kappa shape index (κ3) is 9.84. The Bertz CT molecular complexity index is 1610. The fourth-order valence-electron chi connectivity index (χ4n) is 6.17. The first-order valence-corrected chi connectivity index (χ1v) is 17.4. The summed E-state index contributed by atoms with van der Waals surface area (Å²) >= 11 is 0. The molecule has 0 aliphatic carbocycles. The molecule has 3 saturated heterocycles. The van der Waals surface area contributed by atoms with Gasteiger partial charge in [-0.15, -0.1) is 0 Å². The summed E-state index contributed by atoms with van der Waals surface area (Å²) in [5, 5.41) is 93.8. The van der Waals surface area contributed by atoms with E-state index >= 15 is 0 Å². The zero-order valence-electron chi connectivity index (χ0n) is 30.2. The average Bonchev–Trinajstić information content (AvgIpc) is 3.47. The Morgan fingerprint density at radius 3 is 2.22 bits per heavy atom. The number of methoxy groups -OCH3 is 2. The molecule has 3 fully saturated rings. The molecular weight excluding hydrogens is 736 g/mol. The van der Waals surface area contributed by atoms with Crippen molar-refractivity contribution in [3.8, 4) is 23.0 Å². The van der Waals surface area contributed by atoms with Gasteiger partial charge in [-0.2, -0.15) is 0 Å². The Labute approximate surface area is 315 Å². The molecule has 3 heterocycles. The van der Waals surface area contributed by atoms with Crippen molar-refractivity contribution >= 4 is 12.0 Å². The Morgan fingerprint density at radius 1 is 0.855 bits per heavy atom. The van der Waals surface area contributed by atoms with E-state index in [9.17, 15) is 50.8 Å². The van der Waals surface area contributed by atoms with Crippen LogP contribution in [0.3, 0.4) is 0 Å². The maximum absolute atomic E-state index is 13.4. The van der Waals surface area contributed by atoms with Gasteiger partial charge in [0.05, 0.1) is 46.8 Å². The van der Waals surface area contributed by atoms with Crippen LogP contribution >= 0.6 is 0 Å². The van der Waals surface area contributed by atoms with Crippen LogP contribution in [0.2, 0.25) is 0 Å². The van der Waals surface area contributed by atoms with E-state index in [0.717, 1.165) is 6.08 Å². The summed E-state index contributed by atoms with van der Waals surface area (Å²) in [6, 6.07) is 8.94. The lowest BCUT2D eigenvalue weighted by Crippen LogP contribution is -2.65. The Hall–Kier alpha value is -3.67. The monoisotopic (exact) mass is 784 g/mol. The number of phenols is 2. The van der Waals surface area contributed by atoms with Crippen molar-refractivity contribution in [1.29, 1.82) is 0 Å². The van der Waals surface area contributed by atoms with E-state index in [2.05, 4.69) is 0 Å². The van der Waals surface area contributed by atoms with Crippen LogP contribution in [0.15, 0.2) is 42.5 Å². The summed E-state index contributed by atoms with van der Waals surface area (Å²) in [7, 11) is 2.74. The topological polar surface area (TPSA) is 282 Å². The number of rotatable bonds is 15. The maximum Gasteiger partial charge on any atom is 0.331 e. The molecule has 2 aromatic rings. The standard InChI is InChI=1S/C36H48O19/c1-17-26(41)27(42)28(43)34(52-17)55-31-29(44)33(49-11-10-19-5-8-21(39)23(13-19)48-3)53-24(14-50-35-32(45)36(46,15-37)16-51-35)30(31)54-25(40)9-6-18-4-7-20(38)22(12-18)47-2/h4-9,12-13,17,24,26-35,37-39,41-46H,10-11,14-16H2,1-3H3/b9-6+/t17-,24-,26-,27+,28+,29-,30-,31-,32-,33-,34-,35+,36?/m1/s1. The smallest absolute Gasteiger partial charge is 0.331 e. The molecule has 0 aromatic heterocycles. The van der Waals surface area contributed by atoms with Gasteiger partial charge in [-0.3, -0.25) is 0 Å². The lowest BCUT2D eigenvalue weighted by Gasteiger charge is -2.46. The molecule has 0 bridgehead atoms. The van der Waals surface area contributed by atoms with Gasteiger partial charge in [0.15, 0.2) is 48.0 Å². The fourth-order valence-corrected chi connectivity index (χ4v) is 6.17. The van der Waals surface area contributed by atoms with Gasteiger partial charge in [0.25, 0.3) is 0 Å². The molecule has 1 unspecified atom stereocenters. The molecule has 9 N–H and O–H groups in total. The van der Waals surface area contributed by atoms with Crippen LogP contribution in [-0.4, -0.2) is 172 Å². The number of aliphatic hydroxyl groups excluding tert-OH is 6. The number of benzene rings is 2. The van der Waals surface area contributed by atoms with Crippen molar-refractivity contribution in [2.45, 2.75) is 92.8 Å². The van der Waals surface area contributed by atoms with Crippen molar-refractivity contribution in [2.24, 2.45) is 0 Å². The molecule has 19 nitrogen and oxygen atoms in total. The number of aliphatic hydroxyl groups is 7. The van der Waals surface area contributed by atoms with E-state index < -0.39 is 105 Å². The zero-order valence-corrected chi connectivity index (χ0v) is 30.2. The van der Waals surface area contributed by atoms with Gasteiger partial charge in [-0.05, 0) is 54.8 Å². The zero-order chi connectivity index (χ0) is 40.0. The van der Waals surface area contributed by atoms with Gasteiger partial charge in [0.2, 0.25) is 0 Å². The predicted molar refractivity (Wildman–Crippen MR) is 184 cm³/mol. The average molecular weight is 785 g/mol. The third-order valence-corrected chi connectivity index (χ3v) is 9.50. The minimum Gasteiger partial charge on any atom is -0.504 e. The highest BCUT2D eigenvalue weighted by atomic mass is 16.8. The molecule has 3 aliphatic heterocycles. The molecule has 3 aliphatic rings. The van der Waals surface area contributed by atoms with Crippen molar-refractivity contribution < 1.29 is 93.4 Å². The van der Waals surface area contributed by atoms with Gasteiger partial charge in [0, 0.05) is 6.08 Å². The van der Waals surface area contributed by atoms with Crippen LogP contribution < -0.4 is 9.47 Å². The van der Waals surface area contributed by atoms with Crippen LogP contribution in [0, 0.1) is 0 Å². The molecule has 5 rings (SSSR count). The van der Waals surface area contributed by atoms with Crippen LogP contribution in [-0.2, 0) is 44.4 Å². The minimum absolute atomic E-state index is 0.0767. The van der Waals surface area contributed by atoms with Crippen LogP contribution in [0.4, 0.5) is 0 Å². The molecule has 19 heteroatoms. The summed E-state index contributed by atoms with van der Waals surface area (Å²) in [6.07, 6.45) is -16.3. The molecule has 0 radical (unpaired) electrons. The van der Waals surface area contributed by atoms with Gasteiger partial charge >= 0.3 is 5.97 Å². The van der Waals surface area contributed by atoms with Gasteiger partial charge < -0.3 is 88.6 Å². The van der Waals surface area contributed by atoms with Crippen LogP contribution in [0.25, 0.3) is 6.08 Å². The third-order valence-electron chi connectivity index (χ3n) is 9.50. The second-order valence-electron chi connectivity index (χ2n) is 13.3. The van der Waals surface area contributed by atoms with Crippen LogP contribution in [0.1, 0.15) is 18.1 Å². The minimum atomic E-state index is -2.04. The Morgan fingerprint density at radius 2 is 1.55 bits per heavy atom. The largest absolute Gasteiger partial charge is 0.504 e. The Balaban J connectivity index is 1.42. The molecule has 306 valence electrons. The Kier molecular flexibility index (Phi) is 14.3. The molecule has 0 amide bonds. The van der Waals surface area contributed by atoms with Gasteiger partial charge in [-0.1, -0.05) is 12.1 Å². The summed E-state index contributed by atoms with van der Waals surface area (Å²) in [4.78, 5) is 13.4. The number of esters is 1. The molecule has 13 atom stereocenters. The number of ether oxygens (including phenoxy) is 9. The van der Waals surface area contributed by atoms with Crippen LogP contribution in [0.5, 0.6) is 23.0 Å². The van der Waals surface area contributed by atoms with E-state index in [1.165, 1.54) is 51.5 Å². The summed E-state index contributed by atoms with van der Waals surface area (Å²) in [5.41, 5.74) is -0.920. The highest BCUT2D eigenvalue weighted by Crippen LogP contribution is 2.34. The van der Waals surface area contributed by atoms with Gasteiger partial charge in [0.1, 0.15) is 48.3 Å². The lowest BCUT2D eigenvalue weighted by molar-refractivity contribution is -0.360.